The highest BCUT2D eigenvalue weighted by atomic mass is 32.2. The molecule has 5 nitrogen and oxygen atoms in total. The molecule has 1 rings (SSSR count). The van der Waals surface area contributed by atoms with E-state index in [-0.39, 0.29) is 11.3 Å². The maximum absolute atomic E-state index is 14.0. The van der Waals surface area contributed by atoms with Crippen LogP contribution in [0.2, 0.25) is 0 Å². The first kappa shape index (κ1) is 15.3. The van der Waals surface area contributed by atoms with Crippen molar-refractivity contribution in [3.8, 4) is 0 Å². The van der Waals surface area contributed by atoms with Gasteiger partial charge in [0.15, 0.2) is 22.8 Å². The molecule has 4 N–H and O–H groups in total. The molecule has 0 aliphatic rings. The van der Waals surface area contributed by atoms with E-state index in [4.69, 9.17) is 5.14 Å². The maximum atomic E-state index is 14.0. The lowest BCUT2D eigenvalue weighted by molar-refractivity contribution is 0.102. The van der Waals surface area contributed by atoms with Crippen LogP contribution in [-0.4, -0.2) is 17.0 Å². The second-order valence-electron chi connectivity index (χ2n) is 3.63. The van der Waals surface area contributed by atoms with Crippen LogP contribution < -0.4 is 15.2 Å². The number of Topliss-reactive ketones (excluding diaryl/α,β-unsaturated/α-hetero) is 1. The Bertz CT molecular complexity index is 561. The maximum Gasteiger partial charge on any atom is 0.196 e. The first-order chi connectivity index (χ1) is 8.88. The fraction of sp³-hybridized carbons (Fsp3) is 0.182. The van der Waals surface area contributed by atoms with Gasteiger partial charge in [0, 0.05) is 18.8 Å². The molecule has 0 aliphatic heterocycles. The molecule has 0 radical (unpaired) electrons. The minimum absolute atomic E-state index is 0.131. The van der Waals surface area contributed by atoms with Gasteiger partial charge in [-0.15, -0.1) is 0 Å². The van der Waals surface area contributed by atoms with Crippen LogP contribution in [0.5, 0.6) is 0 Å². The van der Waals surface area contributed by atoms with Crippen LogP contribution in [0.4, 0.5) is 14.5 Å². The first-order valence-electron chi connectivity index (χ1n) is 5.18. The molecule has 0 spiro atoms. The molecule has 0 saturated heterocycles. The van der Waals surface area contributed by atoms with Gasteiger partial charge in [-0.25, -0.2) is 18.1 Å². The lowest BCUT2D eigenvalue weighted by Crippen LogP contribution is -2.16. The number of anilines is 1. The van der Waals surface area contributed by atoms with Crippen molar-refractivity contribution < 1.29 is 17.8 Å². The van der Waals surface area contributed by atoms with Crippen LogP contribution in [0.1, 0.15) is 17.3 Å². The highest BCUT2D eigenvalue weighted by molar-refractivity contribution is 7.84. The molecule has 0 saturated carbocycles. The molecule has 104 valence electrons. The van der Waals surface area contributed by atoms with Gasteiger partial charge >= 0.3 is 0 Å². The van der Waals surface area contributed by atoms with Gasteiger partial charge in [-0.3, -0.25) is 9.52 Å². The Morgan fingerprint density at radius 1 is 1.42 bits per heavy atom. The third-order valence-electron chi connectivity index (χ3n) is 2.25. The summed E-state index contributed by atoms with van der Waals surface area (Å²) in [7, 11) is 1.55. The second-order valence-corrected chi connectivity index (χ2v) is 4.43. The third kappa shape index (κ3) is 3.58. The zero-order chi connectivity index (χ0) is 14.6. The predicted molar refractivity (Wildman–Crippen MR) is 69.5 cm³/mol. The average molecular weight is 289 g/mol. The van der Waals surface area contributed by atoms with E-state index in [2.05, 4.69) is 10.0 Å². The smallest absolute Gasteiger partial charge is 0.196 e. The van der Waals surface area contributed by atoms with Gasteiger partial charge in [0.1, 0.15) is 5.82 Å². The summed E-state index contributed by atoms with van der Waals surface area (Å²) >= 11 is -2.02. The first-order valence-corrected chi connectivity index (χ1v) is 6.39. The van der Waals surface area contributed by atoms with E-state index in [9.17, 15) is 17.8 Å². The number of benzene rings is 1. The summed E-state index contributed by atoms with van der Waals surface area (Å²) in [6, 6.07) is 1.92. The van der Waals surface area contributed by atoms with E-state index >= 15 is 0 Å². The van der Waals surface area contributed by atoms with Crippen molar-refractivity contribution in [1.82, 2.24) is 5.32 Å². The van der Waals surface area contributed by atoms with Crippen LogP contribution in [0.25, 0.3) is 0 Å². The van der Waals surface area contributed by atoms with Crippen LogP contribution in [0.3, 0.4) is 0 Å². The Morgan fingerprint density at radius 2 is 2.05 bits per heavy atom. The Morgan fingerprint density at radius 3 is 2.58 bits per heavy atom. The van der Waals surface area contributed by atoms with Crippen molar-refractivity contribution in [3.05, 3.63) is 41.1 Å². The summed E-state index contributed by atoms with van der Waals surface area (Å²) in [5.41, 5.74) is -0.895. The summed E-state index contributed by atoms with van der Waals surface area (Å²) in [6.45, 7) is 1.42. The fourth-order valence-electron chi connectivity index (χ4n) is 1.43. The van der Waals surface area contributed by atoms with Crippen LogP contribution in [0.15, 0.2) is 23.9 Å². The molecular formula is C11H13F2N3O2S. The summed E-state index contributed by atoms with van der Waals surface area (Å²) in [4.78, 5) is 11.9. The van der Waals surface area contributed by atoms with Gasteiger partial charge in [0.2, 0.25) is 0 Å². The average Bonchev–Trinajstić information content (AvgIpc) is 2.32. The highest BCUT2D eigenvalue weighted by Crippen LogP contribution is 2.23. The predicted octanol–water partition coefficient (Wildman–Crippen LogP) is 1.22. The fourth-order valence-corrected chi connectivity index (χ4v) is 1.80. The number of rotatable bonds is 5. The van der Waals surface area contributed by atoms with Crippen LogP contribution in [-0.2, 0) is 11.2 Å². The Labute approximate surface area is 111 Å². The molecule has 1 aromatic rings. The van der Waals surface area contributed by atoms with E-state index in [1.54, 1.807) is 7.05 Å². The molecule has 0 amide bonds. The number of nitrogens with one attached hydrogen (secondary N) is 2. The third-order valence-corrected chi connectivity index (χ3v) is 2.67. The molecule has 8 heteroatoms. The molecule has 0 fully saturated rings. The quantitative estimate of drug-likeness (QED) is 0.563. The van der Waals surface area contributed by atoms with Crippen molar-refractivity contribution in [1.29, 1.82) is 0 Å². The number of halogens is 2. The number of hydrogen-bond donors (Lipinski definition) is 3. The number of allylic oxidation sites excluding steroid dienone is 1. The standard InChI is InChI=1S/C11H13F2N3O2S/c1-6(5-15-2)11(17)9-7(12)3-4-8(10(9)13)16-19(14)18/h3-5,15-16H,14H2,1-2H3/b6-5+. The number of carbonyl (C=O) groups is 1. The molecule has 0 heterocycles. The summed E-state index contributed by atoms with van der Waals surface area (Å²) in [5.74, 6) is -2.94. The van der Waals surface area contributed by atoms with Gasteiger partial charge in [0.25, 0.3) is 0 Å². The van der Waals surface area contributed by atoms with Gasteiger partial charge < -0.3 is 5.32 Å². The number of carbonyl (C=O) groups excluding carboxylic acids is 1. The van der Waals surface area contributed by atoms with Gasteiger partial charge in [0.05, 0.1) is 11.3 Å². The second kappa shape index (κ2) is 6.39. The Balaban J connectivity index is 3.30. The number of nitrogens with two attached hydrogens (primary N) is 1. The van der Waals surface area contributed by atoms with Gasteiger partial charge in [-0.05, 0) is 19.1 Å². The van der Waals surface area contributed by atoms with Crippen molar-refractivity contribution in [2.45, 2.75) is 6.92 Å². The molecule has 1 unspecified atom stereocenters. The van der Waals surface area contributed by atoms with E-state index in [0.717, 1.165) is 12.1 Å². The normalized spacial score (nSPS) is 13.0. The topological polar surface area (TPSA) is 84.2 Å². The Hall–Kier alpha value is -1.80. The minimum atomic E-state index is -2.02. The molecule has 0 aliphatic carbocycles. The molecule has 19 heavy (non-hydrogen) atoms. The van der Waals surface area contributed by atoms with Crippen molar-refractivity contribution in [2.24, 2.45) is 5.14 Å². The van der Waals surface area contributed by atoms with Gasteiger partial charge in [-0.1, -0.05) is 0 Å². The van der Waals surface area contributed by atoms with E-state index in [0.29, 0.717) is 0 Å². The zero-order valence-electron chi connectivity index (χ0n) is 10.3. The Kier molecular flexibility index (Phi) is 5.13. The lowest BCUT2D eigenvalue weighted by Gasteiger charge is -2.09. The lowest BCUT2D eigenvalue weighted by atomic mass is 10.0. The summed E-state index contributed by atoms with van der Waals surface area (Å²) in [6.07, 6.45) is 1.32. The van der Waals surface area contributed by atoms with Crippen molar-refractivity contribution in [2.75, 3.05) is 11.8 Å². The molecular weight excluding hydrogens is 276 g/mol. The number of ketones is 1. The minimum Gasteiger partial charge on any atom is -0.394 e. The number of hydrogen-bond acceptors (Lipinski definition) is 3. The molecule has 0 aromatic heterocycles. The molecule has 0 bridgehead atoms. The van der Waals surface area contributed by atoms with Crippen LogP contribution >= 0.6 is 0 Å². The van der Waals surface area contributed by atoms with Crippen molar-refractivity contribution >= 4 is 22.6 Å². The van der Waals surface area contributed by atoms with E-state index in [1.165, 1.54) is 13.1 Å². The highest BCUT2D eigenvalue weighted by Gasteiger charge is 2.21. The summed E-state index contributed by atoms with van der Waals surface area (Å²) < 4.78 is 40.4. The van der Waals surface area contributed by atoms with E-state index < -0.39 is 34.2 Å². The largest absolute Gasteiger partial charge is 0.394 e. The summed E-state index contributed by atoms with van der Waals surface area (Å²) in [5, 5.41) is 7.55. The van der Waals surface area contributed by atoms with Gasteiger partial charge in [-0.2, -0.15) is 0 Å². The van der Waals surface area contributed by atoms with Crippen molar-refractivity contribution in [3.63, 3.8) is 0 Å². The molecule has 1 atom stereocenters. The zero-order valence-corrected chi connectivity index (χ0v) is 11.1. The van der Waals surface area contributed by atoms with Crippen LogP contribution in [0, 0.1) is 11.6 Å². The monoisotopic (exact) mass is 289 g/mol. The molecule has 1 aromatic carbocycles. The SMILES string of the molecule is CN/C=C(\C)C(=O)c1c(F)ccc(NS(N)=O)c1F. The van der Waals surface area contributed by atoms with E-state index in [1.807, 2.05) is 0 Å².